The van der Waals surface area contributed by atoms with E-state index in [0.29, 0.717) is 66.9 Å². The van der Waals surface area contributed by atoms with Crippen LogP contribution in [-0.2, 0) is 17.7 Å². The standard InChI is InChI=1S/C30H33BrFN3O2S/c1-2-20-3-5-21(6-4-20)16-33-17-23-24(18-33)25(23)19-35(30(36)29-26(31)9-14-38-29)22-7-8-28(27(32)15-22)34-10-12-37-13-11-34/h3-9,14-15,23-25H,2,10-13,16-19H2,1H3. The molecule has 6 rings (SSSR count). The van der Waals surface area contributed by atoms with Crippen LogP contribution in [0.5, 0.6) is 0 Å². The first-order chi connectivity index (χ1) is 18.5. The molecule has 0 radical (unpaired) electrons. The molecule has 2 aliphatic heterocycles. The first-order valence-corrected chi connectivity index (χ1v) is 15.2. The van der Waals surface area contributed by atoms with Crippen molar-refractivity contribution >= 4 is 44.5 Å². The second-order valence-electron chi connectivity index (χ2n) is 10.6. The van der Waals surface area contributed by atoms with Crippen molar-refractivity contribution in [3.05, 3.63) is 80.2 Å². The van der Waals surface area contributed by atoms with Crippen LogP contribution >= 0.6 is 27.3 Å². The molecular formula is C30H33BrFN3O2S. The number of thiophene rings is 1. The maximum atomic E-state index is 15.3. The molecule has 2 unspecified atom stereocenters. The molecule has 1 saturated carbocycles. The number of ether oxygens (including phenoxy) is 1. The number of halogens is 2. The normalized spacial score (nSPS) is 22.9. The number of hydrogen-bond donors (Lipinski definition) is 0. The van der Waals surface area contributed by atoms with Gasteiger partial charge in [0.05, 0.1) is 18.9 Å². The molecule has 2 atom stereocenters. The summed E-state index contributed by atoms with van der Waals surface area (Å²) in [6.07, 6.45) is 1.06. The number of benzene rings is 2. The molecule has 2 aromatic carbocycles. The summed E-state index contributed by atoms with van der Waals surface area (Å²) < 4.78 is 21.5. The minimum absolute atomic E-state index is 0.0664. The van der Waals surface area contributed by atoms with Crippen LogP contribution in [0.25, 0.3) is 0 Å². The molecule has 8 heteroatoms. The van der Waals surface area contributed by atoms with E-state index in [-0.39, 0.29) is 11.7 Å². The Hall–Kier alpha value is -2.26. The number of carbonyl (C=O) groups is 1. The van der Waals surface area contributed by atoms with Gasteiger partial charge in [-0.2, -0.15) is 0 Å². The van der Waals surface area contributed by atoms with Gasteiger partial charge in [0.1, 0.15) is 10.7 Å². The second-order valence-corrected chi connectivity index (χ2v) is 12.4. The van der Waals surface area contributed by atoms with E-state index in [9.17, 15) is 4.79 Å². The minimum atomic E-state index is -0.288. The van der Waals surface area contributed by atoms with Gasteiger partial charge in [-0.1, -0.05) is 31.2 Å². The van der Waals surface area contributed by atoms with Gasteiger partial charge in [-0.25, -0.2) is 4.39 Å². The quantitative estimate of drug-likeness (QED) is 0.315. The summed E-state index contributed by atoms with van der Waals surface area (Å²) in [4.78, 5) is 20.7. The van der Waals surface area contributed by atoms with E-state index in [1.807, 2.05) is 28.5 Å². The van der Waals surface area contributed by atoms with E-state index in [1.165, 1.54) is 28.5 Å². The van der Waals surface area contributed by atoms with Gasteiger partial charge in [-0.05, 0) is 80.9 Å². The topological polar surface area (TPSA) is 36.0 Å². The monoisotopic (exact) mass is 597 g/mol. The summed E-state index contributed by atoms with van der Waals surface area (Å²) in [6.45, 7) is 8.43. The molecule has 0 bridgehead atoms. The Balaban J connectivity index is 1.16. The first-order valence-electron chi connectivity index (χ1n) is 13.5. The van der Waals surface area contributed by atoms with Crippen molar-refractivity contribution in [2.45, 2.75) is 19.9 Å². The van der Waals surface area contributed by atoms with Gasteiger partial charge in [0, 0.05) is 49.4 Å². The summed E-state index contributed by atoms with van der Waals surface area (Å²) >= 11 is 4.95. The van der Waals surface area contributed by atoms with E-state index in [0.717, 1.165) is 30.5 Å². The number of aryl methyl sites for hydroxylation is 1. The summed E-state index contributed by atoms with van der Waals surface area (Å²) in [6, 6.07) is 16.1. The number of nitrogens with zero attached hydrogens (tertiary/aromatic N) is 3. The van der Waals surface area contributed by atoms with E-state index in [1.54, 1.807) is 4.90 Å². The van der Waals surface area contributed by atoms with Crippen molar-refractivity contribution in [1.82, 2.24) is 4.90 Å². The molecule has 38 heavy (non-hydrogen) atoms. The Kier molecular flexibility index (Phi) is 7.58. The zero-order valence-electron chi connectivity index (χ0n) is 21.6. The zero-order valence-corrected chi connectivity index (χ0v) is 24.0. The van der Waals surface area contributed by atoms with E-state index in [4.69, 9.17) is 4.74 Å². The van der Waals surface area contributed by atoms with Crippen molar-refractivity contribution < 1.29 is 13.9 Å². The lowest BCUT2D eigenvalue weighted by Gasteiger charge is -2.30. The third-order valence-corrected chi connectivity index (χ3v) is 10.2. The molecule has 3 aromatic rings. The second kappa shape index (κ2) is 11.1. The van der Waals surface area contributed by atoms with Crippen molar-refractivity contribution in [3.63, 3.8) is 0 Å². The molecular weight excluding hydrogens is 565 g/mol. The number of piperidine rings is 1. The Morgan fingerprint density at radius 2 is 1.79 bits per heavy atom. The molecule has 3 fully saturated rings. The lowest BCUT2D eigenvalue weighted by Crippen LogP contribution is -2.37. The van der Waals surface area contributed by atoms with Crippen molar-refractivity contribution in [2.75, 3.05) is 55.7 Å². The van der Waals surface area contributed by atoms with Crippen LogP contribution in [0.2, 0.25) is 0 Å². The molecule has 1 amide bonds. The maximum absolute atomic E-state index is 15.3. The highest BCUT2D eigenvalue weighted by Gasteiger charge is 2.56. The van der Waals surface area contributed by atoms with E-state index < -0.39 is 0 Å². The molecule has 2 saturated heterocycles. The van der Waals surface area contributed by atoms with Crippen molar-refractivity contribution in [1.29, 1.82) is 0 Å². The number of carbonyl (C=O) groups excluding carboxylic acids is 1. The van der Waals surface area contributed by atoms with E-state index in [2.05, 4.69) is 52.0 Å². The molecule has 0 spiro atoms. The fraction of sp³-hybridized carbons (Fsp3) is 0.433. The van der Waals surface area contributed by atoms with Crippen molar-refractivity contribution in [3.8, 4) is 0 Å². The number of fused-ring (bicyclic) bond motifs is 1. The Morgan fingerprint density at radius 1 is 1.08 bits per heavy atom. The minimum Gasteiger partial charge on any atom is -0.378 e. The van der Waals surface area contributed by atoms with Crippen molar-refractivity contribution in [2.24, 2.45) is 17.8 Å². The predicted molar refractivity (Wildman–Crippen MR) is 155 cm³/mol. The highest BCUT2D eigenvalue weighted by molar-refractivity contribution is 9.10. The molecule has 1 aromatic heterocycles. The predicted octanol–water partition coefficient (Wildman–Crippen LogP) is 6.07. The van der Waals surface area contributed by atoms with Gasteiger partial charge >= 0.3 is 0 Å². The summed E-state index contributed by atoms with van der Waals surface area (Å²) in [5.74, 6) is 1.26. The third-order valence-electron chi connectivity index (χ3n) is 8.33. The summed E-state index contributed by atoms with van der Waals surface area (Å²) in [5.41, 5.74) is 3.93. The largest absolute Gasteiger partial charge is 0.378 e. The van der Waals surface area contributed by atoms with Gasteiger partial charge in [0.2, 0.25) is 0 Å². The highest BCUT2D eigenvalue weighted by atomic mass is 79.9. The lowest BCUT2D eigenvalue weighted by molar-refractivity contribution is 0.0987. The number of hydrogen-bond acceptors (Lipinski definition) is 5. The highest BCUT2D eigenvalue weighted by Crippen LogP contribution is 2.52. The van der Waals surface area contributed by atoms with Gasteiger partial charge in [0.15, 0.2) is 0 Å². The lowest BCUT2D eigenvalue weighted by atomic mass is 10.1. The van der Waals surface area contributed by atoms with Crippen LogP contribution in [0, 0.1) is 23.6 Å². The molecule has 0 N–H and O–H groups in total. The SMILES string of the molecule is CCc1ccc(CN2CC3C(C2)C3CN(C(=O)c2sccc2Br)c2ccc(N3CCOCC3)c(F)c2)cc1. The fourth-order valence-corrected chi connectivity index (χ4v) is 7.57. The van der Waals surface area contributed by atoms with E-state index >= 15 is 4.39 Å². The van der Waals surface area contributed by atoms with Crippen LogP contribution < -0.4 is 9.80 Å². The Bertz CT molecular complexity index is 1280. The number of anilines is 2. The molecule has 200 valence electrons. The molecule has 3 heterocycles. The molecule has 3 aliphatic rings. The van der Waals surface area contributed by atoms with Crippen LogP contribution in [0.15, 0.2) is 58.4 Å². The number of amides is 1. The molecule has 5 nitrogen and oxygen atoms in total. The number of likely N-dealkylation sites (tertiary alicyclic amines) is 1. The van der Waals surface area contributed by atoms with Crippen LogP contribution in [0.4, 0.5) is 15.8 Å². The third kappa shape index (κ3) is 5.28. The smallest absolute Gasteiger partial charge is 0.269 e. The van der Waals surface area contributed by atoms with Crippen LogP contribution in [0.1, 0.15) is 27.7 Å². The van der Waals surface area contributed by atoms with Gasteiger partial charge in [-0.3, -0.25) is 9.69 Å². The van der Waals surface area contributed by atoms with Crippen LogP contribution in [0.3, 0.4) is 0 Å². The Labute approximate surface area is 236 Å². The van der Waals surface area contributed by atoms with Gasteiger partial charge in [0.25, 0.3) is 5.91 Å². The Morgan fingerprint density at radius 3 is 2.42 bits per heavy atom. The zero-order chi connectivity index (χ0) is 26.2. The summed E-state index contributed by atoms with van der Waals surface area (Å²) in [7, 11) is 0. The van der Waals surface area contributed by atoms with Crippen LogP contribution in [-0.4, -0.2) is 56.7 Å². The average molecular weight is 599 g/mol. The number of morpholine rings is 1. The van der Waals surface area contributed by atoms with Gasteiger partial charge in [-0.15, -0.1) is 11.3 Å². The first kappa shape index (κ1) is 26.0. The fourth-order valence-electron chi connectivity index (χ4n) is 6.08. The average Bonchev–Trinajstić information content (AvgIpc) is 3.23. The number of rotatable bonds is 8. The van der Waals surface area contributed by atoms with Gasteiger partial charge < -0.3 is 14.5 Å². The maximum Gasteiger partial charge on any atom is 0.269 e. The molecule has 1 aliphatic carbocycles. The summed E-state index contributed by atoms with van der Waals surface area (Å²) in [5, 5.41) is 1.91.